The Morgan fingerprint density at radius 1 is 0.844 bits per heavy atom. The monoisotopic (exact) mass is 818 g/mol. The van der Waals surface area contributed by atoms with E-state index in [0.717, 1.165) is 21.5 Å². The maximum atomic E-state index is 12.9. The van der Waals surface area contributed by atoms with E-state index in [1.54, 1.807) is 36.5 Å². The number of nitrogens with two attached hydrogens (primary N) is 1. The van der Waals surface area contributed by atoms with E-state index in [0.29, 0.717) is 28.4 Å². The molecular formula is C29H32Cl2F3IN4O4S2. The molecule has 2 aromatic heterocycles. The lowest BCUT2D eigenvalue weighted by Gasteiger charge is -2.14. The summed E-state index contributed by atoms with van der Waals surface area (Å²) in [6, 6.07) is 15.5. The van der Waals surface area contributed by atoms with E-state index in [1.165, 1.54) is 30.0 Å². The van der Waals surface area contributed by atoms with Crippen molar-refractivity contribution in [3.05, 3.63) is 109 Å². The third-order valence-electron chi connectivity index (χ3n) is 5.55. The number of hydrogen-bond donors (Lipinski definition) is 2. The second kappa shape index (κ2) is 17.4. The zero-order valence-corrected chi connectivity index (χ0v) is 28.8. The molecule has 0 radical (unpaired) electrons. The van der Waals surface area contributed by atoms with Crippen LogP contribution in [0.5, 0.6) is 0 Å². The summed E-state index contributed by atoms with van der Waals surface area (Å²) in [6.07, 6.45) is 0.0861. The van der Waals surface area contributed by atoms with Crippen LogP contribution < -0.4 is 11.1 Å². The van der Waals surface area contributed by atoms with Gasteiger partial charge < -0.3 is 11.1 Å². The van der Waals surface area contributed by atoms with Gasteiger partial charge in [-0.2, -0.15) is 13.2 Å². The van der Waals surface area contributed by atoms with Crippen LogP contribution in [0.15, 0.2) is 82.8 Å². The third-order valence-corrected chi connectivity index (χ3v) is 9.35. The van der Waals surface area contributed by atoms with Gasteiger partial charge in [-0.3, -0.25) is 0 Å². The molecule has 16 heteroatoms. The molecule has 0 saturated heterocycles. The SMILES string of the molecule is C.CS(=O)(=O)c1cccc(CN)c1.CS(=O)(=O)c1cccc(CNc2cc(Cl)ncc2C(F)(F)F)c1.Cc1cnc(Cl)cc1I. The molecule has 3 N–H and O–H groups in total. The fourth-order valence-corrected chi connectivity index (χ4v) is 5.58. The molecule has 8 nitrogen and oxygen atoms in total. The topological polar surface area (TPSA) is 132 Å². The van der Waals surface area contributed by atoms with E-state index < -0.39 is 31.4 Å². The van der Waals surface area contributed by atoms with Crippen LogP contribution in [0.3, 0.4) is 0 Å². The largest absolute Gasteiger partial charge is 0.419 e. The fourth-order valence-electron chi connectivity index (χ4n) is 3.26. The van der Waals surface area contributed by atoms with Gasteiger partial charge in [-0.05, 0) is 82.6 Å². The molecule has 0 bridgehead atoms. The number of aryl methyl sites for hydroxylation is 1. The molecule has 0 aliphatic carbocycles. The van der Waals surface area contributed by atoms with Crippen LogP contribution >= 0.6 is 45.8 Å². The Morgan fingerprint density at radius 2 is 1.33 bits per heavy atom. The van der Waals surface area contributed by atoms with Crippen molar-refractivity contribution in [3.63, 3.8) is 0 Å². The summed E-state index contributed by atoms with van der Waals surface area (Å²) in [5.74, 6) is 0. The number of aromatic nitrogens is 2. The predicted octanol–water partition coefficient (Wildman–Crippen LogP) is 7.60. The normalized spacial score (nSPS) is 11.2. The summed E-state index contributed by atoms with van der Waals surface area (Å²) in [6.45, 7) is 2.38. The van der Waals surface area contributed by atoms with Crippen LogP contribution in [0.2, 0.25) is 10.3 Å². The fraction of sp³-hybridized carbons (Fsp3) is 0.241. The smallest absolute Gasteiger partial charge is 0.380 e. The van der Waals surface area contributed by atoms with Gasteiger partial charge in [-0.25, -0.2) is 26.8 Å². The number of nitrogens with zero attached hydrogens (tertiary/aromatic N) is 2. The maximum Gasteiger partial charge on any atom is 0.419 e. The molecule has 45 heavy (non-hydrogen) atoms. The Kier molecular flexibility index (Phi) is 15.7. The number of benzene rings is 2. The molecule has 0 amide bonds. The van der Waals surface area contributed by atoms with Gasteiger partial charge in [0.2, 0.25) is 0 Å². The highest BCUT2D eigenvalue weighted by Crippen LogP contribution is 2.35. The minimum absolute atomic E-state index is 0. The average Bonchev–Trinajstić information content (AvgIpc) is 2.93. The summed E-state index contributed by atoms with van der Waals surface area (Å²) in [5.41, 5.74) is 6.72. The van der Waals surface area contributed by atoms with Crippen LogP contribution in [0.4, 0.5) is 18.9 Å². The lowest BCUT2D eigenvalue weighted by Crippen LogP contribution is -2.11. The number of anilines is 1. The Morgan fingerprint density at radius 3 is 1.80 bits per heavy atom. The first-order chi connectivity index (χ1) is 20.3. The summed E-state index contributed by atoms with van der Waals surface area (Å²) < 4.78 is 85.0. The van der Waals surface area contributed by atoms with Gasteiger partial charge in [0, 0.05) is 41.6 Å². The van der Waals surface area contributed by atoms with Gasteiger partial charge in [-0.1, -0.05) is 54.9 Å². The molecule has 246 valence electrons. The van der Waals surface area contributed by atoms with Crippen LogP contribution in [-0.2, 0) is 38.9 Å². The second-order valence-electron chi connectivity index (χ2n) is 9.20. The number of rotatable bonds is 6. The number of sulfone groups is 2. The van der Waals surface area contributed by atoms with Crippen molar-refractivity contribution in [1.29, 1.82) is 0 Å². The minimum atomic E-state index is -4.57. The number of alkyl halides is 3. The van der Waals surface area contributed by atoms with Crippen molar-refractivity contribution in [2.45, 2.75) is 43.4 Å². The first kappa shape index (κ1) is 40.5. The lowest BCUT2D eigenvalue weighted by molar-refractivity contribution is -0.137. The van der Waals surface area contributed by atoms with E-state index in [2.05, 4.69) is 37.9 Å². The Labute approximate surface area is 285 Å². The summed E-state index contributed by atoms with van der Waals surface area (Å²) in [7, 11) is -6.48. The molecule has 4 rings (SSSR count). The number of pyridine rings is 2. The first-order valence-electron chi connectivity index (χ1n) is 12.3. The summed E-state index contributed by atoms with van der Waals surface area (Å²) in [5, 5.41) is 3.10. The quantitative estimate of drug-likeness (QED) is 0.150. The molecule has 4 aromatic rings. The highest BCUT2D eigenvalue weighted by Gasteiger charge is 2.34. The maximum absolute atomic E-state index is 12.9. The van der Waals surface area contributed by atoms with Crippen molar-refractivity contribution < 1.29 is 30.0 Å². The molecular weight excluding hydrogens is 787 g/mol. The van der Waals surface area contributed by atoms with E-state index >= 15 is 0 Å². The molecule has 0 unspecified atom stereocenters. The van der Waals surface area contributed by atoms with Crippen molar-refractivity contribution in [2.75, 3.05) is 17.8 Å². The first-order valence-corrected chi connectivity index (χ1v) is 18.0. The zero-order chi connectivity index (χ0) is 33.3. The number of halogens is 6. The van der Waals surface area contributed by atoms with Crippen LogP contribution in [0.25, 0.3) is 0 Å². The molecule has 0 saturated carbocycles. The van der Waals surface area contributed by atoms with Gasteiger partial charge in [0.1, 0.15) is 10.3 Å². The van der Waals surface area contributed by atoms with Crippen molar-refractivity contribution in [1.82, 2.24) is 9.97 Å². The molecule has 0 aliphatic heterocycles. The van der Waals surface area contributed by atoms with Gasteiger partial charge in [-0.15, -0.1) is 0 Å². The Balaban J connectivity index is 0.000000384. The lowest BCUT2D eigenvalue weighted by atomic mass is 10.2. The Bertz CT molecular complexity index is 1810. The van der Waals surface area contributed by atoms with Gasteiger partial charge in [0.15, 0.2) is 19.7 Å². The van der Waals surface area contributed by atoms with Gasteiger partial charge >= 0.3 is 6.18 Å². The number of nitrogens with one attached hydrogen (secondary N) is 1. The highest BCUT2D eigenvalue weighted by atomic mass is 127. The zero-order valence-electron chi connectivity index (χ0n) is 23.5. The highest BCUT2D eigenvalue weighted by molar-refractivity contribution is 14.1. The molecule has 2 heterocycles. The van der Waals surface area contributed by atoms with E-state index in [9.17, 15) is 30.0 Å². The number of hydrogen-bond acceptors (Lipinski definition) is 8. The Hall–Kier alpha value is -2.50. The van der Waals surface area contributed by atoms with Crippen LogP contribution in [-0.4, -0.2) is 39.3 Å². The summed E-state index contributed by atoms with van der Waals surface area (Å²) >= 11 is 13.5. The molecule has 2 aromatic carbocycles. The van der Waals surface area contributed by atoms with Gasteiger partial charge in [0.25, 0.3) is 0 Å². The van der Waals surface area contributed by atoms with Crippen LogP contribution in [0.1, 0.15) is 29.7 Å². The van der Waals surface area contributed by atoms with Gasteiger partial charge in [0.05, 0.1) is 21.0 Å². The van der Waals surface area contributed by atoms with Crippen molar-refractivity contribution >= 4 is 71.2 Å². The van der Waals surface area contributed by atoms with E-state index in [1.807, 2.05) is 13.0 Å². The third kappa shape index (κ3) is 13.8. The van der Waals surface area contributed by atoms with E-state index in [-0.39, 0.29) is 29.7 Å². The molecule has 0 fully saturated rings. The molecule has 0 atom stereocenters. The average molecular weight is 820 g/mol. The summed E-state index contributed by atoms with van der Waals surface area (Å²) in [4.78, 5) is 7.76. The van der Waals surface area contributed by atoms with E-state index in [4.69, 9.17) is 28.9 Å². The predicted molar refractivity (Wildman–Crippen MR) is 182 cm³/mol. The van der Waals surface area contributed by atoms with Crippen molar-refractivity contribution in [2.24, 2.45) is 5.73 Å². The van der Waals surface area contributed by atoms with Crippen LogP contribution in [0, 0.1) is 10.5 Å². The molecule has 0 aliphatic rings. The van der Waals surface area contributed by atoms with Crippen molar-refractivity contribution in [3.8, 4) is 0 Å². The standard InChI is InChI=1S/C14H12ClF3N2O2S.C8H11NO2S.C6H5ClIN.CH4/c1-23(21,22)10-4-2-3-9(5-10)7-19-12-6-13(15)20-8-11(12)14(16,17)18;1-12(10,11)8-4-2-3-7(5-8)6-9;1-4-3-9-6(7)2-5(4)8;/h2-6,8H,7H2,1H3,(H,19,20);2-5H,6,9H2,1H3;2-3H,1H3;1H4. The second-order valence-corrected chi connectivity index (χ2v) is 15.2. The molecule has 0 spiro atoms. The minimum Gasteiger partial charge on any atom is -0.380 e.